The Morgan fingerprint density at radius 2 is 1.75 bits per heavy atom. The number of hydrogen-bond acceptors (Lipinski definition) is 4. The highest BCUT2D eigenvalue weighted by atomic mass is 16.4. The van der Waals surface area contributed by atoms with Gasteiger partial charge < -0.3 is 20.4 Å². The highest BCUT2D eigenvalue weighted by Gasteiger charge is 2.07. The van der Waals surface area contributed by atoms with Crippen molar-refractivity contribution in [2.45, 2.75) is 18.9 Å². The number of aliphatic hydroxyl groups excluding tert-OH is 2. The molecule has 0 aromatic heterocycles. The Kier molecular flexibility index (Phi) is 10.3. The molecule has 0 saturated carbocycles. The molecule has 0 spiro atoms. The Balaban J connectivity index is 0. The summed E-state index contributed by atoms with van der Waals surface area (Å²) in [7, 11) is 0. The van der Waals surface area contributed by atoms with Gasteiger partial charge in [-0.05, 0) is 12.8 Å². The van der Waals surface area contributed by atoms with Gasteiger partial charge in [-0.1, -0.05) is 13.2 Å². The minimum absolute atomic E-state index is 0.0532. The van der Waals surface area contributed by atoms with Crippen LogP contribution >= 0.6 is 0 Å². The lowest BCUT2D eigenvalue weighted by molar-refractivity contribution is -0.133. The first-order chi connectivity index (χ1) is 7.34. The van der Waals surface area contributed by atoms with Crippen molar-refractivity contribution in [1.29, 1.82) is 0 Å². The average Bonchev–Trinajstić information content (AvgIpc) is 2.25. The quantitative estimate of drug-likeness (QED) is 0.480. The van der Waals surface area contributed by atoms with Crippen molar-refractivity contribution >= 4 is 11.9 Å². The Bertz CT molecular complexity index is 258. The van der Waals surface area contributed by atoms with E-state index in [9.17, 15) is 9.59 Å². The molecule has 0 aromatic rings. The van der Waals surface area contributed by atoms with Crippen molar-refractivity contribution in [3.63, 3.8) is 0 Å². The Morgan fingerprint density at radius 1 is 1.31 bits per heavy atom. The van der Waals surface area contributed by atoms with Crippen LogP contribution in [-0.4, -0.2) is 45.1 Å². The van der Waals surface area contributed by atoms with Crippen molar-refractivity contribution in [3.05, 3.63) is 24.8 Å². The molecule has 0 aromatic carbocycles. The SMILES string of the molecule is C=C(CCC(O)CO)C(=O)O.C=CC(=O)O. The predicted octanol–water partition coefficient (Wildman–Crippen LogP) is 0.0176. The third-order valence-electron chi connectivity index (χ3n) is 1.47. The van der Waals surface area contributed by atoms with Gasteiger partial charge in [-0.2, -0.15) is 0 Å². The van der Waals surface area contributed by atoms with Crippen LogP contribution in [0.5, 0.6) is 0 Å². The minimum Gasteiger partial charge on any atom is -0.478 e. The van der Waals surface area contributed by atoms with Crippen molar-refractivity contribution in [2.75, 3.05) is 6.61 Å². The van der Waals surface area contributed by atoms with Crippen LogP contribution in [0, 0.1) is 0 Å². The number of rotatable bonds is 6. The van der Waals surface area contributed by atoms with Gasteiger partial charge in [-0.25, -0.2) is 9.59 Å². The second kappa shape index (κ2) is 9.88. The fourth-order valence-corrected chi connectivity index (χ4v) is 0.539. The molecule has 0 fully saturated rings. The van der Waals surface area contributed by atoms with Crippen LogP contribution in [0.4, 0.5) is 0 Å². The predicted molar refractivity (Wildman–Crippen MR) is 56.9 cm³/mol. The van der Waals surface area contributed by atoms with Gasteiger partial charge in [-0.3, -0.25) is 0 Å². The molecule has 0 bridgehead atoms. The summed E-state index contributed by atoms with van der Waals surface area (Å²) in [6.07, 6.45) is 0.435. The lowest BCUT2D eigenvalue weighted by Crippen LogP contribution is -2.12. The summed E-state index contributed by atoms with van der Waals surface area (Å²) in [5.41, 5.74) is 0.0532. The number of carboxylic acids is 2. The second-order valence-corrected chi connectivity index (χ2v) is 2.83. The second-order valence-electron chi connectivity index (χ2n) is 2.83. The zero-order chi connectivity index (χ0) is 13.1. The molecular formula is C10H16O6. The van der Waals surface area contributed by atoms with E-state index in [4.69, 9.17) is 20.4 Å². The third-order valence-corrected chi connectivity index (χ3v) is 1.47. The molecule has 92 valence electrons. The molecule has 1 unspecified atom stereocenters. The lowest BCUT2D eigenvalue weighted by atomic mass is 10.1. The molecule has 4 N–H and O–H groups in total. The summed E-state index contributed by atoms with van der Waals surface area (Å²) >= 11 is 0. The van der Waals surface area contributed by atoms with Crippen LogP contribution in [0.25, 0.3) is 0 Å². The first-order valence-corrected chi connectivity index (χ1v) is 4.40. The van der Waals surface area contributed by atoms with Crippen LogP contribution in [-0.2, 0) is 9.59 Å². The van der Waals surface area contributed by atoms with Gasteiger partial charge in [0.1, 0.15) is 0 Å². The average molecular weight is 232 g/mol. The first kappa shape index (κ1) is 16.8. The maximum Gasteiger partial charge on any atom is 0.330 e. The van der Waals surface area contributed by atoms with Gasteiger partial charge in [0.2, 0.25) is 0 Å². The van der Waals surface area contributed by atoms with E-state index in [0.717, 1.165) is 6.08 Å². The first-order valence-electron chi connectivity index (χ1n) is 4.40. The smallest absolute Gasteiger partial charge is 0.330 e. The molecule has 0 rings (SSSR count). The summed E-state index contributed by atoms with van der Waals surface area (Å²) in [4.78, 5) is 19.4. The van der Waals surface area contributed by atoms with E-state index >= 15 is 0 Å². The fourth-order valence-electron chi connectivity index (χ4n) is 0.539. The Hall–Kier alpha value is -1.66. The van der Waals surface area contributed by atoms with E-state index in [1.807, 2.05) is 0 Å². The monoisotopic (exact) mass is 232 g/mol. The largest absolute Gasteiger partial charge is 0.478 e. The van der Waals surface area contributed by atoms with E-state index < -0.39 is 18.0 Å². The van der Waals surface area contributed by atoms with E-state index in [1.165, 1.54) is 0 Å². The van der Waals surface area contributed by atoms with Crippen LogP contribution in [0.1, 0.15) is 12.8 Å². The molecule has 6 nitrogen and oxygen atoms in total. The fraction of sp³-hybridized carbons (Fsp3) is 0.400. The van der Waals surface area contributed by atoms with Gasteiger partial charge in [0.05, 0.1) is 12.7 Å². The summed E-state index contributed by atoms with van der Waals surface area (Å²) in [6, 6.07) is 0. The van der Waals surface area contributed by atoms with Gasteiger partial charge in [0.15, 0.2) is 0 Å². The van der Waals surface area contributed by atoms with E-state index in [2.05, 4.69) is 13.2 Å². The summed E-state index contributed by atoms with van der Waals surface area (Å²) < 4.78 is 0. The number of carbonyl (C=O) groups is 2. The molecule has 0 heterocycles. The maximum absolute atomic E-state index is 10.2. The van der Waals surface area contributed by atoms with E-state index in [1.54, 1.807) is 0 Å². The van der Waals surface area contributed by atoms with Gasteiger partial charge in [0.25, 0.3) is 0 Å². The molecule has 1 atom stereocenters. The van der Waals surface area contributed by atoms with E-state index in [-0.39, 0.29) is 25.0 Å². The van der Waals surface area contributed by atoms with Crippen molar-refractivity contribution in [1.82, 2.24) is 0 Å². The van der Waals surface area contributed by atoms with Gasteiger partial charge in [-0.15, -0.1) is 0 Å². The zero-order valence-electron chi connectivity index (χ0n) is 8.80. The molecule has 16 heavy (non-hydrogen) atoms. The zero-order valence-corrected chi connectivity index (χ0v) is 8.80. The molecule has 0 radical (unpaired) electrons. The molecule has 6 heteroatoms. The maximum atomic E-state index is 10.2. The van der Waals surface area contributed by atoms with Gasteiger partial charge >= 0.3 is 11.9 Å². The molecule has 0 aliphatic heterocycles. The normalized spacial score (nSPS) is 10.6. The van der Waals surface area contributed by atoms with E-state index in [0.29, 0.717) is 0 Å². The van der Waals surface area contributed by atoms with Crippen LogP contribution < -0.4 is 0 Å². The molecule has 0 amide bonds. The highest BCUT2D eigenvalue weighted by Crippen LogP contribution is 2.04. The molecular weight excluding hydrogens is 216 g/mol. The molecule has 0 aliphatic carbocycles. The van der Waals surface area contributed by atoms with Crippen LogP contribution in [0.3, 0.4) is 0 Å². The standard InChI is InChI=1S/C7H12O4.C3H4O2/c1-5(7(10)11)2-3-6(9)4-8;1-2-3(4)5/h6,8-9H,1-4H2,(H,10,11);2H,1H2,(H,4,5). The van der Waals surface area contributed by atoms with Crippen molar-refractivity contribution < 1.29 is 30.0 Å². The Morgan fingerprint density at radius 3 is 2.00 bits per heavy atom. The number of aliphatic carboxylic acids is 2. The topological polar surface area (TPSA) is 115 Å². The third kappa shape index (κ3) is 12.3. The Labute approximate surface area is 93.2 Å². The number of hydrogen-bond donors (Lipinski definition) is 4. The van der Waals surface area contributed by atoms with Crippen LogP contribution in [0.2, 0.25) is 0 Å². The molecule has 0 aliphatic rings. The van der Waals surface area contributed by atoms with Crippen molar-refractivity contribution in [3.8, 4) is 0 Å². The lowest BCUT2D eigenvalue weighted by Gasteiger charge is -2.05. The highest BCUT2D eigenvalue weighted by molar-refractivity contribution is 5.85. The minimum atomic E-state index is -1.06. The summed E-state index contributed by atoms with van der Waals surface area (Å²) in [5.74, 6) is -2.04. The summed E-state index contributed by atoms with van der Waals surface area (Å²) in [5, 5.41) is 33.1. The van der Waals surface area contributed by atoms with Crippen LogP contribution in [0.15, 0.2) is 24.8 Å². The molecule has 0 saturated heterocycles. The van der Waals surface area contributed by atoms with Crippen molar-refractivity contribution in [2.24, 2.45) is 0 Å². The van der Waals surface area contributed by atoms with Gasteiger partial charge in [0, 0.05) is 11.6 Å². The number of carboxylic acid groups (broad SMARTS) is 2. The number of aliphatic hydroxyl groups is 2. The summed E-state index contributed by atoms with van der Waals surface area (Å²) in [6.45, 7) is 5.89.